The van der Waals surface area contributed by atoms with E-state index in [1.807, 2.05) is 18.2 Å². The number of aromatic nitrogens is 1. The molecule has 0 N–H and O–H groups in total. The summed E-state index contributed by atoms with van der Waals surface area (Å²) in [5.74, 6) is 1.51. The van der Waals surface area contributed by atoms with Crippen LogP contribution in [-0.4, -0.2) is 34.3 Å². The van der Waals surface area contributed by atoms with Crippen molar-refractivity contribution in [2.75, 3.05) is 13.1 Å². The van der Waals surface area contributed by atoms with Crippen molar-refractivity contribution in [2.24, 2.45) is 11.8 Å². The highest BCUT2D eigenvalue weighted by Gasteiger charge is 2.47. The molecule has 0 unspecified atom stereocenters. The zero-order chi connectivity index (χ0) is 15.3. The minimum atomic E-state index is 0.158. The van der Waals surface area contributed by atoms with Crippen molar-refractivity contribution in [1.82, 2.24) is 9.88 Å². The first-order valence-electron chi connectivity index (χ1n) is 8.18. The number of hydrogen-bond donors (Lipinski definition) is 0. The standard InChI is InChI=1S/C18H22N2OS/c1-18(2)14(12-5-8-20(18)9-6-12)11-15(21)16-10-13-4-3-7-19-17(13)22-16/h3-4,7,10,12,14H,5-6,8-9,11H2,1-2H3/t14-/m1/s1. The van der Waals surface area contributed by atoms with Gasteiger partial charge < -0.3 is 0 Å². The van der Waals surface area contributed by atoms with E-state index in [0.717, 1.165) is 21.0 Å². The molecule has 0 aliphatic carbocycles. The van der Waals surface area contributed by atoms with E-state index >= 15 is 0 Å². The molecule has 0 radical (unpaired) electrons. The molecule has 3 nitrogen and oxygen atoms in total. The van der Waals surface area contributed by atoms with Crippen LogP contribution in [0.1, 0.15) is 42.8 Å². The van der Waals surface area contributed by atoms with Crippen LogP contribution >= 0.6 is 11.3 Å². The number of piperidine rings is 3. The maximum atomic E-state index is 12.8. The third kappa shape index (κ3) is 2.20. The fraction of sp³-hybridized carbons (Fsp3) is 0.556. The molecule has 4 heteroatoms. The molecule has 0 saturated carbocycles. The summed E-state index contributed by atoms with van der Waals surface area (Å²) in [5, 5.41) is 1.09. The Balaban J connectivity index is 1.58. The summed E-state index contributed by atoms with van der Waals surface area (Å²) in [6, 6.07) is 5.98. The van der Waals surface area contributed by atoms with Gasteiger partial charge in [0.15, 0.2) is 5.78 Å². The van der Waals surface area contributed by atoms with Gasteiger partial charge in [0.1, 0.15) is 4.83 Å². The third-order valence-corrected chi connectivity index (χ3v) is 6.90. The zero-order valence-electron chi connectivity index (χ0n) is 13.2. The van der Waals surface area contributed by atoms with E-state index in [1.54, 1.807) is 6.20 Å². The van der Waals surface area contributed by atoms with Crippen molar-refractivity contribution in [3.63, 3.8) is 0 Å². The molecule has 3 aliphatic rings. The van der Waals surface area contributed by atoms with Gasteiger partial charge in [-0.2, -0.15) is 0 Å². The van der Waals surface area contributed by atoms with Crippen molar-refractivity contribution < 1.29 is 4.79 Å². The van der Waals surface area contributed by atoms with Gasteiger partial charge in [0, 0.05) is 23.5 Å². The molecule has 3 saturated heterocycles. The lowest BCUT2D eigenvalue weighted by Crippen LogP contribution is -2.61. The molecule has 0 aromatic carbocycles. The van der Waals surface area contributed by atoms with Crippen LogP contribution in [0.4, 0.5) is 0 Å². The van der Waals surface area contributed by atoms with E-state index < -0.39 is 0 Å². The van der Waals surface area contributed by atoms with E-state index in [0.29, 0.717) is 18.1 Å². The molecule has 0 amide bonds. The van der Waals surface area contributed by atoms with Crippen molar-refractivity contribution in [3.05, 3.63) is 29.3 Å². The number of thiophene rings is 1. The quantitative estimate of drug-likeness (QED) is 0.803. The minimum absolute atomic E-state index is 0.158. The monoisotopic (exact) mass is 314 g/mol. The molecule has 2 aromatic heterocycles. The van der Waals surface area contributed by atoms with Gasteiger partial charge in [-0.15, -0.1) is 11.3 Å². The Morgan fingerprint density at radius 3 is 2.86 bits per heavy atom. The number of Topliss-reactive ketones (excluding diaryl/α,β-unsaturated/α-hetero) is 1. The van der Waals surface area contributed by atoms with Gasteiger partial charge >= 0.3 is 0 Å². The van der Waals surface area contributed by atoms with Gasteiger partial charge in [0.2, 0.25) is 0 Å². The first-order valence-corrected chi connectivity index (χ1v) is 9.00. The second-order valence-corrected chi connectivity index (χ2v) is 8.25. The molecular formula is C18H22N2OS. The SMILES string of the molecule is CC1(C)[C@H](CC(=O)c2cc3cccnc3s2)C2CCN1CC2. The molecule has 1 atom stereocenters. The fourth-order valence-corrected chi connectivity index (χ4v) is 5.37. The van der Waals surface area contributed by atoms with Crippen LogP contribution < -0.4 is 0 Å². The number of nitrogens with zero attached hydrogens (tertiary/aromatic N) is 2. The van der Waals surface area contributed by atoms with E-state index in [2.05, 4.69) is 23.7 Å². The second-order valence-electron chi connectivity index (χ2n) is 7.22. The molecule has 5 rings (SSSR count). The van der Waals surface area contributed by atoms with Gasteiger partial charge in [0.05, 0.1) is 4.88 Å². The predicted molar refractivity (Wildman–Crippen MR) is 90.4 cm³/mol. The second kappa shape index (κ2) is 5.14. The first kappa shape index (κ1) is 14.3. The van der Waals surface area contributed by atoms with Crippen molar-refractivity contribution in [3.8, 4) is 0 Å². The molecule has 2 aromatic rings. The molecule has 116 valence electrons. The van der Waals surface area contributed by atoms with Gasteiger partial charge in [-0.05, 0) is 63.7 Å². The Labute approximate surface area is 135 Å². The molecule has 2 bridgehead atoms. The summed E-state index contributed by atoms with van der Waals surface area (Å²) < 4.78 is 0. The number of fused-ring (bicyclic) bond motifs is 4. The molecule has 3 aliphatic heterocycles. The summed E-state index contributed by atoms with van der Waals surface area (Å²) in [7, 11) is 0. The highest BCUT2D eigenvalue weighted by atomic mass is 32.1. The van der Waals surface area contributed by atoms with Crippen LogP contribution in [0, 0.1) is 11.8 Å². The molecular weight excluding hydrogens is 292 g/mol. The minimum Gasteiger partial charge on any atom is -0.298 e. The number of rotatable bonds is 3. The van der Waals surface area contributed by atoms with E-state index in [9.17, 15) is 4.79 Å². The number of ketones is 1. The summed E-state index contributed by atoms with van der Waals surface area (Å²) >= 11 is 1.54. The van der Waals surface area contributed by atoms with Gasteiger partial charge in [-0.3, -0.25) is 9.69 Å². The highest BCUT2D eigenvalue weighted by molar-refractivity contribution is 7.20. The number of pyridine rings is 1. The number of carbonyl (C=O) groups excluding carboxylic acids is 1. The van der Waals surface area contributed by atoms with Crippen LogP contribution in [0.5, 0.6) is 0 Å². The summed E-state index contributed by atoms with van der Waals surface area (Å²) in [6.07, 6.45) is 5.00. The maximum Gasteiger partial charge on any atom is 0.173 e. The topological polar surface area (TPSA) is 33.2 Å². The largest absolute Gasteiger partial charge is 0.298 e. The fourth-order valence-electron chi connectivity index (χ4n) is 4.42. The first-order chi connectivity index (χ1) is 10.6. The Bertz CT molecular complexity index is 680. The number of carbonyl (C=O) groups is 1. The van der Waals surface area contributed by atoms with Crippen molar-refractivity contribution in [1.29, 1.82) is 0 Å². The lowest BCUT2D eigenvalue weighted by Gasteiger charge is -2.56. The summed E-state index contributed by atoms with van der Waals surface area (Å²) in [5.41, 5.74) is 0.158. The average molecular weight is 314 g/mol. The van der Waals surface area contributed by atoms with E-state index in [-0.39, 0.29) is 5.54 Å². The summed E-state index contributed by atoms with van der Waals surface area (Å²) in [6.45, 7) is 7.05. The predicted octanol–water partition coefficient (Wildman–Crippen LogP) is 3.99. The molecule has 22 heavy (non-hydrogen) atoms. The molecule has 5 heterocycles. The van der Waals surface area contributed by atoms with Gasteiger partial charge in [-0.1, -0.05) is 6.07 Å². The molecule has 0 spiro atoms. The van der Waals surface area contributed by atoms with E-state index in [1.165, 1.54) is 37.3 Å². The van der Waals surface area contributed by atoms with Gasteiger partial charge in [-0.25, -0.2) is 4.98 Å². The van der Waals surface area contributed by atoms with Crippen molar-refractivity contribution >= 4 is 27.3 Å². The van der Waals surface area contributed by atoms with Crippen LogP contribution in [0.15, 0.2) is 24.4 Å². The Kier molecular flexibility index (Phi) is 3.35. The van der Waals surface area contributed by atoms with Crippen LogP contribution in [0.25, 0.3) is 10.2 Å². The lowest BCUT2D eigenvalue weighted by atomic mass is 9.65. The Morgan fingerprint density at radius 2 is 2.18 bits per heavy atom. The third-order valence-electron chi connectivity index (χ3n) is 5.81. The lowest BCUT2D eigenvalue weighted by molar-refractivity contribution is -0.0643. The highest BCUT2D eigenvalue weighted by Crippen LogP contribution is 2.46. The normalized spacial score (nSPS) is 29.8. The van der Waals surface area contributed by atoms with Crippen LogP contribution in [0.3, 0.4) is 0 Å². The average Bonchev–Trinajstić information content (AvgIpc) is 2.95. The molecule has 3 fully saturated rings. The smallest absolute Gasteiger partial charge is 0.173 e. The van der Waals surface area contributed by atoms with Crippen molar-refractivity contribution in [2.45, 2.75) is 38.6 Å². The van der Waals surface area contributed by atoms with Gasteiger partial charge in [0.25, 0.3) is 0 Å². The van der Waals surface area contributed by atoms with Crippen LogP contribution in [0.2, 0.25) is 0 Å². The zero-order valence-corrected chi connectivity index (χ0v) is 14.0. The Hall–Kier alpha value is -1.26. The summed E-state index contributed by atoms with van der Waals surface area (Å²) in [4.78, 5) is 21.6. The maximum absolute atomic E-state index is 12.8. The van der Waals surface area contributed by atoms with Crippen LogP contribution in [-0.2, 0) is 0 Å². The number of hydrogen-bond acceptors (Lipinski definition) is 4. The van der Waals surface area contributed by atoms with E-state index in [4.69, 9.17) is 0 Å². The Morgan fingerprint density at radius 1 is 1.41 bits per heavy atom.